The lowest BCUT2D eigenvalue weighted by molar-refractivity contribution is 0.268. The summed E-state index contributed by atoms with van der Waals surface area (Å²) in [5, 5.41) is 30.6. The van der Waals surface area contributed by atoms with Crippen molar-refractivity contribution in [3.05, 3.63) is 307 Å². The van der Waals surface area contributed by atoms with Crippen LogP contribution < -0.4 is 19.6 Å². The first-order valence-electron chi connectivity index (χ1n) is 40.0. The molecule has 0 saturated heterocycles. The number of H-pyrrole nitrogens is 1. The van der Waals surface area contributed by atoms with Crippen LogP contribution >= 0.6 is 0 Å². The Bertz CT molecular complexity index is 5740. The molecule has 0 fully saturated rings. The Morgan fingerprint density at radius 1 is 0.350 bits per heavy atom. The molecule has 0 aliphatic heterocycles. The molecule has 598 valence electrons. The predicted molar refractivity (Wildman–Crippen MR) is 476 cm³/mol. The van der Waals surface area contributed by atoms with Gasteiger partial charge in [-0.05, 0) is 264 Å². The fourth-order valence-electron chi connectivity index (χ4n) is 15.7. The second-order valence-electron chi connectivity index (χ2n) is 29.4. The van der Waals surface area contributed by atoms with E-state index in [0.717, 1.165) is 111 Å². The number of nitrogens with one attached hydrogen (secondary N) is 1. The van der Waals surface area contributed by atoms with E-state index >= 15 is 0 Å². The quantitative estimate of drug-likeness (QED) is 0.0649. The van der Waals surface area contributed by atoms with Crippen molar-refractivity contribution in [1.82, 2.24) is 82.7 Å². The molecule has 22 nitrogen and oxygen atoms in total. The molecule has 16 rings (SSSR count). The van der Waals surface area contributed by atoms with E-state index in [1.54, 1.807) is 31.1 Å². The van der Waals surface area contributed by atoms with Gasteiger partial charge < -0.3 is 43.0 Å². The molecule has 0 amide bonds. The van der Waals surface area contributed by atoms with Gasteiger partial charge in [0.05, 0.1) is 73.1 Å². The summed E-state index contributed by atoms with van der Waals surface area (Å²) in [6, 6.07) is 56.4. The lowest BCUT2D eigenvalue weighted by Crippen LogP contribution is -2.18. The highest BCUT2D eigenvalue weighted by Crippen LogP contribution is 2.41. The standard InChI is InChI=1S/C25H29N5O.C24H27N5.C23H26N6.C23H25N5/c1-5-29(23-10-8-22(9-11-23)28-13-12-26-17-28)24-16-21(7-6-18(24)2)25-19(3)27-30(14-15-31)20(25)4;1-6-29(22-11-9-21(10-12-22)28-14-13-25-16-28)23-15-20(8-7-17(23)2)24-18(3)26-27(5)19(24)4;1-6-29(22-10-9-20(14-25-22)28-12-11-24-15-28)21-13-19(8-7-16(21)2)23-17(3)26-27(5)18(23)4;1-5-28(21-10-8-20(9-11-21)27-13-12-24-15-27)22-14-19(7-6-16(22)2)23-17(3)25-26-18(23)4/h6-13,16-17,31H,5,14-15H2,1-4H3;7-16H,6H2,1-5H3;7-15H,6H2,1-5H3;6-15H,5H2,1-4H3,(H,25,26). The SMILES string of the molecule is CCN(c1ccc(-n2ccnc2)cc1)c1cc(-c2c(C)n[nH]c2C)ccc1C.CCN(c1ccc(-n2ccnc2)cc1)c1cc(-c2c(C)nn(C)c2C)ccc1C.CCN(c1ccc(-n2ccnc2)cc1)c1cc(-c2c(C)nn(CCO)c2C)ccc1C.CCN(c1ccc(-n2ccnc2)cn1)c1cc(-c2c(C)nn(C)c2C)ccc1C. The fraction of sp³-hybridized carbons (Fsp3) is 0.253. The Hall–Kier alpha value is -13.5. The fourth-order valence-corrected chi connectivity index (χ4v) is 15.7. The van der Waals surface area contributed by atoms with Crippen LogP contribution in [0.5, 0.6) is 0 Å². The number of hydrogen-bond donors (Lipinski definition) is 2. The van der Waals surface area contributed by atoms with Crippen LogP contribution in [0.25, 0.3) is 67.3 Å². The Morgan fingerprint density at radius 2 is 0.675 bits per heavy atom. The lowest BCUT2D eigenvalue weighted by Gasteiger charge is -2.26. The van der Waals surface area contributed by atoms with Gasteiger partial charge in [-0.2, -0.15) is 20.4 Å². The van der Waals surface area contributed by atoms with Crippen molar-refractivity contribution in [2.45, 2.75) is 117 Å². The van der Waals surface area contributed by atoms with Crippen LogP contribution in [-0.2, 0) is 20.6 Å². The van der Waals surface area contributed by atoms with Gasteiger partial charge in [-0.15, -0.1) is 0 Å². The van der Waals surface area contributed by atoms with Gasteiger partial charge in [-0.25, -0.2) is 24.9 Å². The third-order valence-corrected chi connectivity index (χ3v) is 22.0. The Kier molecular flexibility index (Phi) is 25.3. The van der Waals surface area contributed by atoms with Crippen LogP contribution in [0.1, 0.15) is 95.5 Å². The highest BCUT2D eigenvalue weighted by Gasteiger charge is 2.23. The minimum Gasteiger partial charge on any atom is -0.394 e. The topological polar surface area (TPSA) is 200 Å². The Labute approximate surface area is 687 Å². The molecule has 7 aromatic carbocycles. The maximum absolute atomic E-state index is 9.33. The number of anilines is 8. The molecule has 9 aromatic heterocycles. The van der Waals surface area contributed by atoms with Crippen molar-refractivity contribution < 1.29 is 5.11 Å². The molecule has 2 N–H and O–H groups in total. The molecule has 0 aliphatic carbocycles. The van der Waals surface area contributed by atoms with Gasteiger partial charge in [0.15, 0.2) is 0 Å². The first kappa shape index (κ1) is 81.5. The Morgan fingerprint density at radius 3 is 0.966 bits per heavy atom. The van der Waals surface area contributed by atoms with Crippen LogP contribution in [0.4, 0.5) is 45.6 Å². The number of rotatable bonds is 22. The third-order valence-electron chi connectivity index (χ3n) is 22.0. The molecule has 0 atom stereocenters. The average molecular weight is 1560 g/mol. The number of aliphatic hydroxyl groups is 1. The smallest absolute Gasteiger partial charge is 0.133 e. The summed E-state index contributed by atoms with van der Waals surface area (Å²) in [6.45, 7) is 38.0. The average Bonchev–Trinajstić information content (AvgIpc) is 1.77. The van der Waals surface area contributed by atoms with E-state index in [9.17, 15) is 5.11 Å². The monoisotopic (exact) mass is 1560 g/mol. The van der Waals surface area contributed by atoms with Gasteiger partial charge >= 0.3 is 0 Å². The van der Waals surface area contributed by atoms with Gasteiger partial charge in [-0.3, -0.25) is 19.1 Å². The maximum atomic E-state index is 9.33. The van der Waals surface area contributed by atoms with Gasteiger partial charge in [0.1, 0.15) is 5.82 Å². The maximum Gasteiger partial charge on any atom is 0.133 e. The number of aliphatic hydroxyl groups excluding tert-OH is 1. The number of aromatic amines is 1. The van der Waals surface area contributed by atoms with Crippen LogP contribution in [-0.4, -0.2) is 121 Å². The molecular weight excluding hydrogens is 1450 g/mol. The summed E-state index contributed by atoms with van der Waals surface area (Å²) in [5.74, 6) is 0.927. The van der Waals surface area contributed by atoms with E-state index in [1.165, 1.54) is 95.5 Å². The number of aryl methyl sites for hydroxylation is 11. The second-order valence-corrected chi connectivity index (χ2v) is 29.4. The summed E-state index contributed by atoms with van der Waals surface area (Å²) < 4.78 is 13.8. The van der Waals surface area contributed by atoms with Crippen LogP contribution in [0.15, 0.2) is 239 Å². The molecule has 22 heteroatoms. The van der Waals surface area contributed by atoms with E-state index in [2.05, 4.69) is 320 Å². The number of nitrogens with zero attached hydrogens (tertiary/aromatic N) is 20. The molecule has 16 aromatic rings. The minimum atomic E-state index is 0.0826. The first-order chi connectivity index (χ1) is 56.6. The van der Waals surface area contributed by atoms with Crippen molar-refractivity contribution in [3.63, 3.8) is 0 Å². The zero-order valence-corrected chi connectivity index (χ0v) is 70.7. The third kappa shape index (κ3) is 17.6. The highest BCUT2D eigenvalue weighted by molar-refractivity contribution is 5.81. The van der Waals surface area contributed by atoms with E-state index < -0.39 is 0 Å². The summed E-state index contributed by atoms with van der Waals surface area (Å²) >= 11 is 0. The lowest BCUT2D eigenvalue weighted by atomic mass is 10.00. The molecule has 0 saturated carbocycles. The molecular formula is C95H107N21O. The summed E-state index contributed by atoms with van der Waals surface area (Å²) in [6.07, 6.45) is 24.0. The summed E-state index contributed by atoms with van der Waals surface area (Å²) in [7, 11) is 3.99. The summed E-state index contributed by atoms with van der Waals surface area (Å²) in [5.41, 5.74) is 35.7. The molecule has 0 spiro atoms. The number of pyridine rings is 1. The van der Waals surface area contributed by atoms with Crippen molar-refractivity contribution in [3.8, 4) is 67.3 Å². The van der Waals surface area contributed by atoms with Gasteiger partial charge in [0, 0.05) is 192 Å². The van der Waals surface area contributed by atoms with Crippen LogP contribution in [0.3, 0.4) is 0 Å². The van der Waals surface area contributed by atoms with E-state index in [4.69, 9.17) is 4.98 Å². The van der Waals surface area contributed by atoms with E-state index in [0.29, 0.717) is 6.54 Å². The van der Waals surface area contributed by atoms with E-state index in [-0.39, 0.29) is 6.61 Å². The van der Waals surface area contributed by atoms with Gasteiger partial charge in [0.25, 0.3) is 0 Å². The Balaban J connectivity index is 0.000000136. The van der Waals surface area contributed by atoms with E-state index in [1.807, 2.05) is 110 Å². The van der Waals surface area contributed by atoms with Crippen molar-refractivity contribution in [2.75, 3.05) is 52.4 Å². The molecule has 0 bridgehead atoms. The van der Waals surface area contributed by atoms with Crippen LogP contribution in [0, 0.1) is 83.1 Å². The normalized spacial score (nSPS) is 11.1. The number of hydrogen-bond acceptors (Lipinski definition) is 14. The van der Waals surface area contributed by atoms with Crippen LogP contribution in [0.2, 0.25) is 0 Å². The minimum absolute atomic E-state index is 0.0826. The molecule has 0 radical (unpaired) electrons. The zero-order valence-electron chi connectivity index (χ0n) is 70.7. The summed E-state index contributed by atoms with van der Waals surface area (Å²) in [4.78, 5) is 30.5. The molecule has 117 heavy (non-hydrogen) atoms. The first-order valence-corrected chi connectivity index (χ1v) is 40.0. The van der Waals surface area contributed by atoms with Crippen molar-refractivity contribution in [1.29, 1.82) is 0 Å². The van der Waals surface area contributed by atoms with Gasteiger partial charge in [-0.1, -0.05) is 48.5 Å². The molecule has 0 unspecified atom stereocenters. The number of imidazole rings is 4. The van der Waals surface area contributed by atoms with Crippen molar-refractivity contribution in [2.24, 2.45) is 14.1 Å². The number of benzene rings is 7. The predicted octanol–water partition coefficient (Wildman–Crippen LogP) is 20.3. The second kappa shape index (κ2) is 36.3. The molecule has 0 aliphatic rings. The highest BCUT2D eigenvalue weighted by atomic mass is 16.3. The molecule has 9 heterocycles. The zero-order chi connectivity index (χ0) is 82.7. The van der Waals surface area contributed by atoms with Crippen molar-refractivity contribution >= 4 is 45.6 Å². The van der Waals surface area contributed by atoms with Gasteiger partial charge in [0.2, 0.25) is 0 Å². The largest absolute Gasteiger partial charge is 0.394 e. The number of aromatic nitrogens is 17.